The Morgan fingerprint density at radius 3 is 3.00 bits per heavy atom. The van der Waals surface area contributed by atoms with Gasteiger partial charge in [0.1, 0.15) is 12.4 Å². The molecule has 4 nitrogen and oxygen atoms in total. The van der Waals surface area contributed by atoms with Crippen molar-refractivity contribution in [2.45, 2.75) is 6.54 Å². The summed E-state index contributed by atoms with van der Waals surface area (Å²) in [6, 6.07) is 4.31. The Bertz CT molecular complexity index is 360. The normalized spacial score (nSPS) is 10.3. The van der Waals surface area contributed by atoms with E-state index < -0.39 is 5.91 Å². The zero-order valence-electron chi connectivity index (χ0n) is 7.80. The lowest BCUT2D eigenvalue weighted by atomic mass is 10.2. The molecule has 0 aliphatic rings. The zero-order valence-corrected chi connectivity index (χ0v) is 9.38. The van der Waals surface area contributed by atoms with Gasteiger partial charge in [-0.15, -0.1) is 0 Å². The average Bonchev–Trinajstić information content (AvgIpc) is 2.17. The fourth-order valence-electron chi connectivity index (χ4n) is 0.930. The second-order valence-electron chi connectivity index (χ2n) is 2.81. The van der Waals surface area contributed by atoms with Crippen LogP contribution >= 0.6 is 15.9 Å². The van der Waals surface area contributed by atoms with Gasteiger partial charge in [0.25, 0.3) is 0 Å². The molecule has 15 heavy (non-hydrogen) atoms. The first-order valence-corrected chi connectivity index (χ1v) is 4.96. The molecule has 0 saturated carbocycles. The summed E-state index contributed by atoms with van der Waals surface area (Å²) in [5, 5.41) is 0. The van der Waals surface area contributed by atoms with Crippen LogP contribution in [0.25, 0.3) is 0 Å². The minimum absolute atomic E-state index is 0.215. The van der Waals surface area contributed by atoms with Gasteiger partial charge in [-0.3, -0.25) is 9.63 Å². The van der Waals surface area contributed by atoms with Gasteiger partial charge in [0.2, 0.25) is 5.91 Å². The highest BCUT2D eigenvalue weighted by Gasteiger charge is 2.01. The molecule has 1 aromatic rings. The summed E-state index contributed by atoms with van der Waals surface area (Å²) in [6.07, 6.45) is 0. The van der Waals surface area contributed by atoms with Gasteiger partial charge >= 0.3 is 0 Å². The van der Waals surface area contributed by atoms with Crippen molar-refractivity contribution in [2.75, 3.05) is 6.61 Å². The summed E-state index contributed by atoms with van der Waals surface area (Å²) in [7, 11) is 0. The summed E-state index contributed by atoms with van der Waals surface area (Å²) < 4.78 is 13.6. The van der Waals surface area contributed by atoms with Crippen molar-refractivity contribution in [3.05, 3.63) is 34.1 Å². The minimum atomic E-state index is -0.569. The van der Waals surface area contributed by atoms with E-state index in [1.807, 2.05) is 0 Å². The number of benzene rings is 1. The van der Waals surface area contributed by atoms with E-state index >= 15 is 0 Å². The van der Waals surface area contributed by atoms with Crippen molar-refractivity contribution in [3.63, 3.8) is 0 Å². The summed E-state index contributed by atoms with van der Waals surface area (Å²) >= 11 is 3.26. The molecule has 0 aliphatic heterocycles. The first-order valence-electron chi connectivity index (χ1n) is 4.16. The number of rotatable bonds is 5. The third kappa shape index (κ3) is 4.37. The highest BCUT2D eigenvalue weighted by atomic mass is 79.9. The third-order valence-electron chi connectivity index (χ3n) is 1.59. The SMILES string of the molecule is NC(=O)CONCc1cc(F)ccc1Br. The van der Waals surface area contributed by atoms with Crippen LogP contribution in [0.1, 0.15) is 5.56 Å². The van der Waals surface area contributed by atoms with E-state index in [9.17, 15) is 9.18 Å². The van der Waals surface area contributed by atoms with Gasteiger partial charge < -0.3 is 5.73 Å². The molecule has 1 amide bonds. The van der Waals surface area contributed by atoms with E-state index in [2.05, 4.69) is 21.4 Å². The lowest BCUT2D eigenvalue weighted by Gasteiger charge is -2.06. The zero-order chi connectivity index (χ0) is 11.3. The first kappa shape index (κ1) is 12.1. The number of hydrogen-bond acceptors (Lipinski definition) is 3. The van der Waals surface area contributed by atoms with Crippen molar-refractivity contribution in [1.29, 1.82) is 0 Å². The van der Waals surface area contributed by atoms with E-state index in [1.54, 1.807) is 6.07 Å². The van der Waals surface area contributed by atoms with Crippen LogP contribution in [0.4, 0.5) is 4.39 Å². The molecule has 3 N–H and O–H groups in total. The average molecular weight is 277 g/mol. The molecule has 6 heteroatoms. The van der Waals surface area contributed by atoms with E-state index in [-0.39, 0.29) is 19.0 Å². The molecule has 0 aromatic heterocycles. The molecule has 0 aliphatic carbocycles. The summed E-state index contributed by atoms with van der Waals surface area (Å²) in [5.41, 5.74) is 8.05. The number of hydroxylamine groups is 1. The van der Waals surface area contributed by atoms with Gasteiger partial charge in [-0.05, 0) is 23.8 Å². The molecular formula is C9H10BrFN2O2. The Hall–Kier alpha value is -0.980. The lowest BCUT2D eigenvalue weighted by molar-refractivity contribution is -0.125. The Kier molecular flexibility index (Phi) is 4.67. The number of nitrogens with two attached hydrogens (primary N) is 1. The molecule has 1 aromatic carbocycles. The van der Waals surface area contributed by atoms with E-state index in [0.29, 0.717) is 5.56 Å². The van der Waals surface area contributed by atoms with Crippen molar-refractivity contribution >= 4 is 21.8 Å². The summed E-state index contributed by atoms with van der Waals surface area (Å²) in [6.45, 7) is 0.0680. The highest BCUT2D eigenvalue weighted by molar-refractivity contribution is 9.10. The smallest absolute Gasteiger partial charge is 0.245 e. The van der Waals surface area contributed by atoms with Crippen LogP contribution in [0.5, 0.6) is 0 Å². The second-order valence-corrected chi connectivity index (χ2v) is 3.67. The Balaban J connectivity index is 2.43. The number of halogens is 2. The van der Waals surface area contributed by atoms with Gasteiger partial charge in [0.05, 0.1) is 0 Å². The predicted molar refractivity (Wildman–Crippen MR) is 56.1 cm³/mol. The largest absolute Gasteiger partial charge is 0.368 e. The van der Waals surface area contributed by atoms with Crippen molar-refractivity contribution in [1.82, 2.24) is 5.48 Å². The van der Waals surface area contributed by atoms with Gasteiger partial charge in [-0.1, -0.05) is 15.9 Å². The highest BCUT2D eigenvalue weighted by Crippen LogP contribution is 2.17. The number of primary amides is 1. The monoisotopic (exact) mass is 276 g/mol. The van der Waals surface area contributed by atoms with Crippen molar-refractivity contribution < 1.29 is 14.0 Å². The number of hydrogen-bond donors (Lipinski definition) is 2. The fraction of sp³-hybridized carbons (Fsp3) is 0.222. The van der Waals surface area contributed by atoms with E-state index in [0.717, 1.165) is 4.47 Å². The van der Waals surface area contributed by atoms with Gasteiger partial charge in [-0.2, -0.15) is 5.48 Å². The van der Waals surface area contributed by atoms with Gasteiger partial charge in [0.15, 0.2) is 0 Å². The molecular weight excluding hydrogens is 267 g/mol. The first-order chi connectivity index (χ1) is 7.09. The van der Waals surface area contributed by atoms with Crippen LogP contribution < -0.4 is 11.2 Å². The van der Waals surface area contributed by atoms with E-state index in [4.69, 9.17) is 10.6 Å². The molecule has 82 valence electrons. The number of nitrogens with one attached hydrogen (secondary N) is 1. The molecule has 0 bridgehead atoms. The second kappa shape index (κ2) is 5.79. The topological polar surface area (TPSA) is 64.4 Å². The molecule has 1 rings (SSSR count). The summed E-state index contributed by atoms with van der Waals surface area (Å²) in [4.78, 5) is 15.0. The van der Waals surface area contributed by atoms with Gasteiger partial charge in [0, 0.05) is 11.0 Å². The van der Waals surface area contributed by atoms with E-state index in [1.165, 1.54) is 12.1 Å². The lowest BCUT2D eigenvalue weighted by Crippen LogP contribution is -2.24. The Morgan fingerprint density at radius 2 is 2.33 bits per heavy atom. The third-order valence-corrected chi connectivity index (χ3v) is 2.36. The van der Waals surface area contributed by atoms with Gasteiger partial charge in [-0.25, -0.2) is 4.39 Å². The molecule has 0 unspecified atom stereocenters. The fourth-order valence-corrected chi connectivity index (χ4v) is 1.32. The molecule has 0 radical (unpaired) electrons. The quantitative estimate of drug-likeness (QED) is 0.625. The number of amides is 1. The maximum absolute atomic E-state index is 12.8. The van der Waals surface area contributed by atoms with Crippen LogP contribution in [-0.2, 0) is 16.2 Å². The number of carbonyl (C=O) groups excluding carboxylic acids is 1. The maximum atomic E-state index is 12.8. The van der Waals surface area contributed by atoms with Crippen LogP contribution in [-0.4, -0.2) is 12.5 Å². The predicted octanol–water partition coefficient (Wildman–Crippen LogP) is 1.09. The van der Waals surface area contributed by atoms with Crippen molar-refractivity contribution in [2.24, 2.45) is 5.73 Å². The molecule has 0 heterocycles. The molecule has 0 spiro atoms. The Labute approximate surface area is 94.7 Å². The van der Waals surface area contributed by atoms with Crippen molar-refractivity contribution in [3.8, 4) is 0 Å². The van der Waals surface area contributed by atoms with Crippen LogP contribution in [0.2, 0.25) is 0 Å². The summed E-state index contributed by atoms with van der Waals surface area (Å²) in [5.74, 6) is -0.897. The molecule has 0 atom stereocenters. The standard InChI is InChI=1S/C9H10BrFN2O2/c10-8-2-1-7(11)3-6(8)4-13-15-5-9(12)14/h1-3,13H,4-5H2,(H2,12,14). The Morgan fingerprint density at radius 1 is 1.60 bits per heavy atom. The number of carbonyl (C=O) groups is 1. The van der Waals surface area contributed by atoms with Crippen LogP contribution in [0.3, 0.4) is 0 Å². The molecule has 0 fully saturated rings. The van der Waals surface area contributed by atoms with Crippen LogP contribution in [0, 0.1) is 5.82 Å². The maximum Gasteiger partial charge on any atom is 0.245 e. The van der Waals surface area contributed by atoms with Crippen LogP contribution in [0.15, 0.2) is 22.7 Å². The molecule has 0 saturated heterocycles. The minimum Gasteiger partial charge on any atom is -0.368 e.